The van der Waals surface area contributed by atoms with Gasteiger partial charge < -0.3 is 10.6 Å². The van der Waals surface area contributed by atoms with Gasteiger partial charge >= 0.3 is 0 Å². The van der Waals surface area contributed by atoms with Crippen molar-refractivity contribution in [2.24, 2.45) is 0 Å². The standard InChI is InChI=1S/C18H12Cl2FN3O/c19-15-8-7-13(10-16(15)20)23-17-14(2-1-9-22-17)18(25)24-12-5-3-11(21)4-6-12/h1-10H,(H,22,23)(H,24,25). The van der Waals surface area contributed by atoms with Crippen molar-refractivity contribution in [1.82, 2.24) is 4.98 Å². The number of carbonyl (C=O) groups excluding carboxylic acids is 1. The Kier molecular flexibility index (Phi) is 5.16. The third-order valence-corrected chi connectivity index (χ3v) is 4.08. The quantitative estimate of drug-likeness (QED) is 0.630. The fourth-order valence-corrected chi connectivity index (χ4v) is 2.43. The average molecular weight is 376 g/mol. The van der Waals surface area contributed by atoms with Gasteiger partial charge in [0.05, 0.1) is 15.6 Å². The molecule has 0 saturated carbocycles. The molecule has 7 heteroatoms. The first kappa shape index (κ1) is 17.2. The normalized spacial score (nSPS) is 10.4. The van der Waals surface area contributed by atoms with Crippen LogP contribution in [0.4, 0.5) is 21.6 Å². The lowest BCUT2D eigenvalue weighted by Gasteiger charge is -2.12. The second-order valence-electron chi connectivity index (χ2n) is 5.11. The van der Waals surface area contributed by atoms with E-state index in [2.05, 4.69) is 15.6 Å². The number of carbonyl (C=O) groups is 1. The Hall–Kier alpha value is -2.63. The molecule has 0 fully saturated rings. The highest BCUT2D eigenvalue weighted by Crippen LogP contribution is 2.27. The average Bonchev–Trinajstić information content (AvgIpc) is 2.60. The van der Waals surface area contributed by atoms with Crippen LogP contribution < -0.4 is 10.6 Å². The number of amides is 1. The van der Waals surface area contributed by atoms with Gasteiger partial charge in [-0.15, -0.1) is 0 Å². The lowest BCUT2D eigenvalue weighted by molar-refractivity contribution is 0.102. The van der Waals surface area contributed by atoms with Crippen molar-refractivity contribution in [3.63, 3.8) is 0 Å². The van der Waals surface area contributed by atoms with E-state index < -0.39 is 0 Å². The second kappa shape index (κ2) is 7.51. The van der Waals surface area contributed by atoms with E-state index in [0.29, 0.717) is 32.8 Å². The Morgan fingerprint density at radius 1 is 0.960 bits per heavy atom. The largest absolute Gasteiger partial charge is 0.340 e. The number of benzene rings is 2. The van der Waals surface area contributed by atoms with Gasteiger partial charge in [0.15, 0.2) is 0 Å². The highest BCUT2D eigenvalue weighted by Gasteiger charge is 2.13. The SMILES string of the molecule is O=C(Nc1ccc(F)cc1)c1cccnc1Nc1ccc(Cl)c(Cl)c1. The van der Waals surface area contributed by atoms with Crippen LogP contribution in [0.3, 0.4) is 0 Å². The molecule has 0 radical (unpaired) electrons. The van der Waals surface area contributed by atoms with Crippen molar-refractivity contribution in [1.29, 1.82) is 0 Å². The van der Waals surface area contributed by atoms with Gasteiger partial charge in [-0.25, -0.2) is 9.37 Å². The van der Waals surface area contributed by atoms with E-state index in [9.17, 15) is 9.18 Å². The Morgan fingerprint density at radius 3 is 2.40 bits per heavy atom. The molecule has 1 heterocycles. The molecule has 0 unspecified atom stereocenters. The smallest absolute Gasteiger partial charge is 0.259 e. The summed E-state index contributed by atoms with van der Waals surface area (Å²) in [6.07, 6.45) is 1.56. The zero-order chi connectivity index (χ0) is 17.8. The maximum absolute atomic E-state index is 13.0. The van der Waals surface area contributed by atoms with Crippen LogP contribution in [0.25, 0.3) is 0 Å². The molecule has 0 aliphatic carbocycles. The Balaban J connectivity index is 1.83. The van der Waals surface area contributed by atoms with Crippen LogP contribution in [0.15, 0.2) is 60.8 Å². The number of rotatable bonds is 4. The summed E-state index contributed by atoms with van der Waals surface area (Å²) >= 11 is 11.9. The Bertz CT molecular complexity index is 916. The summed E-state index contributed by atoms with van der Waals surface area (Å²) in [5.41, 5.74) is 1.46. The number of pyridine rings is 1. The highest BCUT2D eigenvalue weighted by molar-refractivity contribution is 6.42. The molecule has 0 atom stereocenters. The predicted molar refractivity (Wildman–Crippen MR) is 98.3 cm³/mol. The minimum atomic E-state index is -0.374. The van der Waals surface area contributed by atoms with E-state index >= 15 is 0 Å². The van der Waals surface area contributed by atoms with E-state index in [-0.39, 0.29) is 11.7 Å². The topological polar surface area (TPSA) is 54.0 Å². The van der Waals surface area contributed by atoms with Gasteiger partial charge in [-0.1, -0.05) is 23.2 Å². The van der Waals surface area contributed by atoms with E-state index in [1.165, 1.54) is 24.3 Å². The molecule has 0 aliphatic heterocycles. The van der Waals surface area contributed by atoms with Crippen LogP contribution in [0.1, 0.15) is 10.4 Å². The van der Waals surface area contributed by atoms with Crippen LogP contribution in [-0.4, -0.2) is 10.9 Å². The predicted octanol–water partition coefficient (Wildman–Crippen LogP) is 5.52. The van der Waals surface area contributed by atoms with Crippen molar-refractivity contribution in [3.8, 4) is 0 Å². The number of nitrogens with one attached hydrogen (secondary N) is 2. The number of halogens is 3. The summed E-state index contributed by atoms with van der Waals surface area (Å²) in [5.74, 6) is -0.385. The number of nitrogens with zero attached hydrogens (tertiary/aromatic N) is 1. The molecule has 0 spiro atoms. The van der Waals surface area contributed by atoms with E-state index in [0.717, 1.165) is 0 Å². The molecule has 1 aromatic heterocycles. The van der Waals surface area contributed by atoms with Gasteiger partial charge in [0, 0.05) is 17.6 Å². The Morgan fingerprint density at radius 2 is 1.68 bits per heavy atom. The first-order valence-electron chi connectivity index (χ1n) is 7.27. The van der Waals surface area contributed by atoms with Gasteiger partial charge in [0.2, 0.25) is 0 Å². The molecule has 25 heavy (non-hydrogen) atoms. The number of anilines is 3. The van der Waals surface area contributed by atoms with Gasteiger partial charge in [-0.2, -0.15) is 0 Å². The minimum absolute atomic E-state index is 0.331. The number of hydrogen-bond acceptors (Lipinski definition) is 3. The van der Waals surface area contributed by atoms with Crippen molar-refractivity contribution >= 4 is 46.3 Å². The maximum Gasteiger partial charge on any atom is 0.259 e. The molecule has 0 bridgehead atoms. The first-order valence-corrected chi connectivity index (χ1v) is 8.02. The fraction of sp³-hybridized carbons (Fsp3) is 0. The monoisotopic (exact) mass is 375 g/mol. The van der Waals surface area contributed by atoms with E-state index in [1.807, 2.05) is 0 Å². The molecule has 2 aromatic carbocycles. The minimum Gasteiger partial charge on any atom is -0.340 e. The third kappa shape index (κ3) is 4.26. The van der Waals surface area contributed by atoms with Crippen LogP contribution in [0.5, 0.6) is 0 Å². The van der Waals surface area contributed by atoms with Gasteiger partial charge in [-0.05, 0) is 54.6 Å². The molecule has 3 aromatic rings. The molecule has 4 nitrogen and oxygen atoms in total. The summed E-state index contributed by atoms with van der Waals surface area (Å²) in [7, 11) is 0. The molecule has 3 rings (SSSR count). The fourth-order valence-electron chi connectivity index (χ4n) is 2.13. The summed E-state index contributed by atoms with van der Waals surface area (Å²) in [6, 6.07) is 13.8. The summed E-state index contributed by atoms with van der Waals surface area (Å²) in [4.78, 5) is 16.7. The first-order chi connectivity index (χ1) is 12.0. The van der Waals surface area contributed by atoms with E-state index in [1.54, 1.807) is 36.5 Å². The maximum atomic E-state index is 13.0. The summed E-state index contributed by atoms with van der Waals surface area (Å²) in [5, 5.41) is 6.56. The lowest BCUT2D eigenvalue weighted by Crippen LogP contribution is -2.14. The highest BCUT2D eigenvalue weighted by atomic mass is 35.5. The summed E-state index contributed by atoms with van der Waals surface area (Å²) in [6.45, 7) is 0. The molecule has 126 valence electrons. The molecule has 0 aliphatic rings. The molecular formula is C18H12Cl2FN3O. The molecule has 0 saturated heterocycles. The van der Waals surface area contributed by atoms with Crippen molar-refractivity contribution in [2.45, 2.75) is 0 Å². The van der Waals surface area contributed by atoms with Crippen molar-refractivity contribution in [2.75, 3.05) is 10.6 Å². The number of aromatic nitrogens is 1. The van der Waals surface area contributed by atoms with Crippen LogP contribution in [-0.2, 0) is 0 Å². The van der Waals surface area contributed by atoms with E-state index in [4.69, 9.17) is 23.2 Å². The van der Waals surface area contributed by atoms with Crippen molar-refractivity contribution in [3.05, 3.63) is 82.2 Å². The van der Waals surface area contributed by atoms with Gasteiger partial charge in [0.25, 0.3) is 5.91 Å². The van der Waals surface area contributed by atoms with Crippen LogP contribution in [0.2, 0.25) is 10.0 Å². The third-order valence-electron chi connectivity index (χ3n) is 3.34. The summed E-state index contributed by atoms with van der Waals surface area (Å²) < 4.78 is 13.0. The van der Waals surface area contributed by atoms with Crippen molar-refractivity contribution < 1.29 is 9.18 Å². The number of hydrogen-bond donors (Lipinski definition) is 2. The second-order valence-corrected chi connectivity index (χ2v) is 5.93. The molecular weight excluding hydrogens is 364 g/mol. The molecule has 1 amide bonds. The lowest BCUT2D eigenvalue weighted by atomic mass is 10.2. The Labute approximate surface area is 153 Å². The zero-order valence-corrected chi connectivity index (χ0v) is 14.3. The van der Waals surface area contributed by atoms with Gasteiger partial charge in [0.1, 0.15) is 11.6 Å². The molecule has 2 N–H and O–H groups in total. The van der Waals surface area contributed by atoms with Gasteiger partial charge in [-0.3, -0.25) is 4.79 Å². The van der Waals surface area contributed by atoms with Crippen LogP contribution in [0, 0.1) is 5.82 Å². The van der Waals surface area contributed by atoms with Crippen LogP contribution >= 0.6 is 23.2 Å². The zero-order valence-electron chi connectivity index (χ0n) is 12.8.